The van der Waals surface area contributed by atoms with Gasteiger partial charge in [-0.3, -0.25) is 4.90 Å². The highest BCUT2D eigenvalue weighted by Crippen LogP contribution is 2.28. The van der Waals surface area contributed by atoms with Crippen molar-refractivity contribution in [3.8, 4) is 0 Å². The predicted molar refractivity (Wildman–Crippen MR) is 105 cm³/mol. The largest absolute Gasteiger partial charge is 0.332 e. The number of anilines is 1. The minimum absolute atomic E-state index is 0.600. The summed E-state index contributed by atoms with van der Waals surface area (Å²) in [4.78, 5) is 6.62. The number of nitrogens with one attached hydrogen (secondary N) is 1. The monoisotopic (exact) mass is 381 g/mol. The van der Waals surface area contributed by atoms with Crippen molar-refractivity contribution in [2.75, 3.05) is 17.6 Å². The topological polar surface area (TPSA) is 27.6 Å². The van der Waals surface area contributed by atoms with Gasteiger partial charge in [0.1, 0.15) is 0 Å². The number of halogens is 2. The first-order chi connectivity index (χ1) is 11.1. The van der Waals surface area contributed by atoms with Crippen molar-refractivity contribution in [1.29, 1.82) is 0 Å². The van der Waals surface area contributed by atoms with Crippen LogP contribution in [0.1, 0.15) is 0 Å². The van der Waals surface area contributed by atoms with Crippen molar-refractivity contribution in [3.63, 3.8) is 0 Å². The van der Waals surface area contributed by atoms with Crippen LogP contribution in [-0.4, -0.2) is 27.5 Å². The SMILES string of the molecule is S=C(Nc1cccc(Cl)c1)N1CCSC1=Nc1ccccc1Cl. The Labute approximate surface area is 154 Å². The number of hydrogen-bond acceptors (Lipinski definition) is 3. The number of thiocarbonyl (C=S) groups is 1. The number of rotatable bonds is 2. The molecule has 0 saturated carbocycles. The van der Waals surface area contributed by atoms with E-state index in [0.717, 1.165) is 28.8 Å². The summed E-state index contributed by atoms with van der Waals surface area (Å²) >= 11 is 19.4. The fourth-order valence-corrected chi connectivity index (χ4v) is 3.76. The van der Waals surface area contributed by atoms with Gasteiger partial charge in [-0.15, -0.1) is 0 Å². The number of aliphatic imine (C=N–C) groups is 1. The van der Waals surface area contributed by atoms with E-state index in [4.69, 9.17) is 35.4 Å². The molecule has 3 rings (SSSR count). The van der Waals surface area contributed by atoms with Crippen LogP contribution in [0.15, 0.2) is 53.5 Å². The van der Waals surface area contributed by atoms with Crippen LogP contribution in [0.5, 0.6) is 0 Å². The maximum absolute atomic E-state index is 6.18. The molecule has 23 heavy (non-hydrogen) atoms. The van der Waals surface area contributed by atoms with E-state index in [2.05, 4.69) is 10.3 Å². The summed E-state index contributed by atoms with van der Waals surface area (Å²) in [6.07, 6.45) is 0. The molecule has 2 aromatic rings. The van der Waals surface area contributed by atoms with Gasteiger partial charge < -0.3 is 5.32 Å². The first kappa shape index (κ1) is 16.6. The first-order valence-electron chi connectivity index (χ1n) is 6.93. The molecule has 0 aliphatic carbocycles. The van der Waals surface area contributed by atoms with Crippen LogP contribution >= 0.6 is 47.2 Å². The van der Waals surface area contributed by atoms with E-state index in [1.807, 2.05) is 53.4 Å². The summed E-state index contributed by atoms with van der Waals surface area (Å²) in [5.74, 6) is 0.931. The second-order valence-corrected chi connectivity index (χ2v) is 7.08. The molecule has 0 amide bonds. The Morgan fingerprint density at radius 1 is 1.17 bits per heavy atom. The molecule has 0 radical (unpaired) electrons. The van der Waals surface area contributed by atoms with Crippen LogP contribution in [0.3, 0.4) is 0 Å². The zero-order valence-electron chi connectivity index (χ0n) is 12.0. The summed E-state index contributed by atoms with van der Waals surface area (Å²) in [6, 6.07) is 15.0. The first-order valence-corrected chi connectivity index (χ1v) is 9.08. The third-order valence-electron chi connectivity index (χ3n) is 3.17. The van der Waals surface area contributed by atoms with E-state index in [0.29, 0.717) is 15.2 Å². The van der Waals surface area contributed by atoms with Crippen LogP contribution in [0.2, 0.25) is 10.0 Å². The lowest BCUT2D eigenvalue weighted by molar-refractivity contribution is 0.687. The molecule has 0 unspecified atom stereocenters. The van der Waals surface area contributed by atoms with Crippen molar-refractivity contribution < 1.29 is 0 Å². The standard InChI is InChI=1S/C16H13Cl2N3S2/c17-11-4-3-5-12(10-11)19-15(22)21-8-9-23-16(21)20-14-7-2-1-6-13(14)18/h1-7,10H,8-9H2,(H,19,22). The molecule has 2 aromatic carbocycles. The van der Waals surface area contributed by atoms with Gasteiger partial charge in [0.2, 0.25) is 0 Å². The predicted octanol–water partition coefficient (Wildman–Crippen LogP) is 5.43. The molecular weight excluding hydrogens is 369 g/mol. The summed E-state index contributed by atoms with van der Waals surface area (Å²) in [7, 11) is 0. The molecule has 1 fully saturated rings. The van der Waals surface area contributed by atoms with E-state index in [9.17, 15) is 0 Å². The average molecular weight is 382 g/mol. The number of benzene rings is 2. The zero-order valence-corrected chi connectivity index (χ0v) is 15.1. The Morgan fingerprint density at radius 2 is 2.00 bits per heavy atom. The van der Waals surface area contributed by atoms with Crippen LogP contribution in [0.4, 0.5) is 11.4 Å². The molecule has 1 aliphatic heterocycles. The molecular formula is C16H13Cl2N3S2. The summed E-state index contributed by atoms with van der Waals surface area (Å²) in [5.41, 5.74) is 1.60. The van der Waals surface area contributed by atoms with Gasteiger partial charge in [0.15, 0.2) is 10.3 Å². The van der Waals surface area contributed by atoms with E-state index in [-0.39, 0.29) is 0 Å². The lowest BCUT2D eigenvalue weighted by Crippen LogP contribution is -2.35. The molecule has 1 N–H and O–H groups in total. The van der Waals surface area contributed by atoms with Gasteiger partial charge in [-0.2, -0.15) is 0 Å². The molecule has 0 aromatic heterocycles. The second-order valence-electron chi connectivity index (χ2n) is 4.79. The molecule has 1 heterocycles. The smallest absolute Gasteiger partial charge is 0.179 e. The average Bonchev–Trinajstić information content (AvgIpc) is 2.98. The molecule has 1 saturated heterocycles. The number of para-hydroxylation sites is 1. The zero-order chi connectivity index (χ0) is 16.2. The van der Waals surface area contributed by atoms with Crippen molar-refractivity contribution in [3.05, 3.63) is 58.6 Å². The third-order valence-corrected chi connectivity index (χ3v) is 5.00. The molecule has 118 valence electrons. The van der Waals surface area contributed by atoms with E-state index >= 15 is 0 Å². The third kappa shape index (κ3) is 4.18. The van der Waals surface area contributed by atoms with E-state index in [1.54, 1.807) is 11.8 Å². The Balaban J connectivity index is 1.78. The van der Waals surface area contributed by atoms with Gasteiger partial charge in [-0.1, -0.05) is 53.2 Å². The molecule has 0 spiro atoms. The summed E-state index contributed by atoms with van der Waals surface area (Å²) in [5, 5.41) is 5.94. The Hall–Kier alpha value is -1.27. The highest BCUT2D eigenvalue weighted by molar-refractivity contribution is 8.14. The fourth-order valence-electron chi connectivity index (χ4n) is 2.09. The van der Waals surface area contributed by atoms with Crippen molar-refractivity contribution in [1.82, 2.24) is 4.90 Å². The molecule has 1 aliphatic rings. The van der Waals surface area contributed by atoms with E-state index < -0.39 is 0 Å². The lowest BCUT2D eigenvalue weighted by Gasteiger charge is -2.20. The number of thioether (sulfide) groups is 1. The van der Waals surface area contributed by atoms with Crippen molar-refractivity contribution >= 4 is 68.8 Å². The summed E-state index contributed by atoms with van der Waals surface area (Å²) in [6.45, 7) is 0.806. The minimum atomic E-state index is 0.600. The fraction of sp³-hybridized carbons (Fsp3) is 0.125. The molecule has 3 nitrogen and oxygen atoms in total. The minimum Gasteiger partial charge on any atom is -0.332 e. The van der Waals surface area contributed by atoms with Gasteiger partial charge in [-0.25, -0.2) is 4.99 Å². The van der Waals surface area contributed by atoms with Gasteiger partial charge in [0.05, 0.1) is 10.7 Å². The number of nitrogens with zero attached hydrogens (tertiary/aromatic N) is 2. The van der Waals surface area contributed by atoms with Crippen molar-refractivity contribution in [2.24, 2.45) is 4.99 Å². The molecule has 0 bridgehead atoms. The second kappa shape index (κ2) is 7.53. The van der Waals surface area contributed by atoms with Gasteiger partial charge in [-0.05, 0) is 42.5 Å². The summed E-state index contributed by atoms with van der Waals surface area (Å²) < 4.78 is 0. The van der Waals surface area contributed by atoms with Crippen LogP contribution in [0.25, 0.3) is 0 Å². The van der Waals surface area contributed by atoms with Gasteiger partial charge >= 0.3 is 0 Å². The van der Waals surface area contributed by atoms with Crippen LogP contribution in [0, 0.1) is 0 Å². The quantitative estimate of drug-likeness (QED) is 0.702. The Bertz CT molecular complexity index is 764. The van der Waals surface area contributed by atoms with Crippen molar-refractivity contribution in [2.45, 2.75) is 0 Å². The maximum atomic E-state index is 6.18. The normalized spacial score (nSPS) is 15.9. The van der Waals surface area contributed by atoms with E-state index in [1.165, 1.54) is 0 Å². The number of hydrogen-bond donors (Lipinski definition) is 1. The highest BCUT2D eigenvalue weighted by atomic mass is 35.5. The Morgan fingerprint density at radius 3 is 2.78 bits per heavy atom. The molecule has 7 heteroatoms. The Kier molecular flexibility index (Phi) is 5.43. The van der Waals surface area contributed by atoms with Crippen LogP contribution in [-0.2, 0) is 0 Å². The molecule has 0 atom stereocenters. The highest BCUT2D eigenvalue weighted by Gasteiger charge is 2.23. The maximum Gasteiger partial charge on any atom is 0.179 e. The van der Waals surface area contributed by atoms with Gasteiger partial charge in [0, 0.05) is 23.0 Å². The van der Waals surface area contributed by atoms with Gasteiger partial charge in [0.25, 0.3) is 0 Å². The lowest BCUT2D eigenvalue weighted by atomic mass is 10.3. The number of amidine groups is 1. The van der Waals surface area contributed by atoms with Crippen LogP contribution < -0.4 is 5.32 Å².